The van der Waals surface area contributed by atoms with Crippen LogP contribution in [0.5, 0.6) is 0 Å². The van der Waals surface area contributed by atoms with Gasteiger partial charge in [-0.05, 0) is 20.0 Å². The van der Waals surface area contributed by atoms with Crippen LogP contribution in [-0.4, -0.2) is 50.2 Å². The van der Waals surface area contributed by atoms with Crippen molar-refractivity contribution in [3.63, 3.8) is 0 Å². The fourth-order valence-electron chi connectivity index (χ4n) is 1.40. The van der Waals surface area contributed by atoms with Gasteiger partial charge in [-0.1, -0.05) is 6.92 Å². The number of hydrogen-bond acceptors (Lipinski definition) is 5. The maximum atomic E-state index is 10.8. The Bertz CT molecular complexity index is 243. The highest BCUT2D eigenvalue weighted by Gasteiger charge is 2.13. The highest BCUT2D eigenvalue weighted by molar-refractivity contribution is 5.66. The van der Waals surface area contributed by atoms with Crippen molar-refractivity contribution >= 4 is 11.9 Å². The molecule has 5 nitrogen and oxygen atoms in total. The third-order valence-corrected chi connectivity index (χ3v) is 2.46. The van der Waals surface area contributed by atoms with Crippen molar-refractivity contribution < 1.29 is 19.1 Å². The Labute approximate surface area is 103 Å². The molecule has 0 fully saturated rings. The topological polar surface area (TPSA) is 55.8 Å². The smallest absolute Gasteiger partial charge is 0.302 e. The Morgan fingerprint density at radius 1 is 1.18 bits per heavy atom. The fourth-order valence-corrected chi connectivity index (χ4v) is 1.40. The minimum atomic E-state index is -0.278. The summed E-state index contributed by atoms with van der Waals surface area (Å²) in [4.78, 5) is 23.6. The Hall–Kier alpha value is -1.10. The minimum absolute atomic E-state index is 0.197. The Morgan fingerprint density at radius 3 is 2.24 bits per heavy atom. The zero-order valence-corrected chi connectivity index (χ0v) is 11.2. The van der Waals surface area contributed by atoms with E-state index in [9.17, 15) is 9.59 Å². The number of nitrogens with zero attached hydrogens (tertiary/aromatic N) is 1. The summed E-state index contributed by atoms with van der Waals surface area (Å²) in [5.41, 5.74) is 0. The van der Waals surface area contributed by atoms with Crippen molar-refractivity contribution in [3.05, 3.63) is 0 Å². The van der Waals surface area contributed by atoms with Crippen LogP contribution in [0.1, 0.15) is 27.2 Å². The first-order valence-electron chi connectivity index (χ1n) is 5.91. The predicted molar refractivity (Wildman–Crippen MR) is 64.5 cm³/mol. The van der Waals surface area contributed by atoms with Crippen LogP contribution in [0, 0.1) is 5.92 Å². The molecule has 17 heavy (non-hydrogen) atoms. The van der Waals surface area contributed by atoms with Crippen LogP contribution in [0.25, 0.3) is 0 Å². The molecule has 0 radical (unpaired) electrons. The molecule has 0 rings (SSSR count). The van der Waals surface area contributed by atoms with Crippen molar-refractivity contribution in [1.82, 2.24) is 4.90 Å². The van der Waals surface area contributed by atoms with Gasteiger partial charge in [0.25, 0.3) is 0 Å². The molecule has 0 saturated carbocycles. The summed E-state index contributed by atoms with van der Waals surface area (Å²) in [7, 11) is 2.01. The molecule has 0 aromatic heterocycles. The number of hydrogen-bond donors (Lipinski definition) is 0. The quantitative estimate of drug-likeness (QED) is 0.599. The maximum Gasteiger partial charge on any atom is 0.302 e. The van der Waals surface area contributed by atoms with Crippen LogP contribution >= 0.6 is 0 Å². The molecule has 0 heterocycles. The van der Waals surface area contributed by atoms with Gasteiger partial charge in [-0.25, -0.2) is 0 Å². The zero-order valence-electron chi connectivity index (χ0n) is 11.2. The standard InChI is InChI=1S/C12H23NO4/c1-5-13(4)8-12(9-17-11(3)15)6-7-16-10(2)14/h12H,5-9H2,1-4H3. The Kier molecular flexibility index (Phi) is 8.40. The van der Waals surface area contributed by atoms with Crippen molar-refractivity contribution in [2.45, 2.75) is 27.2 Å². The normalized spacial score (nSPS) is 12.3. The van der Waals surface area contributed by atoms with E-state index in [2.05, 4.69) is 11.8 Å². The van der Waals surface area contributed by atoms with E-state index < -0.39 is 0 Å². The molecule has 0 N–H and O–H groups in total. The second-order valence-corrected chi connectivity index (χ2v) is 4.15. The van der Waals surface area contributed by atoms with Gasteiger partial charge in [0.15, 0.2) is 0 Å². The third-order valence-electron chi connectivity index (χ3n) is 2.46. The predicted octanol–water partition coefficient (Wildman–Crippen LogP) is 1.07. The lowest BCUT2D eigenvalue weighted by atomic mass is 10.1. The molecular formula is C12H23NO4. The summed E-state index contributed by atoms with van der Waals surface area (Å²) in [5.74, 6) is -0.357. The van der Waals surface area contributed by atoms with E-state index >= 15 is 0 Å². The van der Waals surface area contributed by atoms with E-state index in [1.54, 1.807) is 0 Å². The van der Waals surface area contributed by atoms with Gasteiger partial charge in [0.05, 0.1) is 13.2 Å². The van der Waals surface area contributed by atoms with Crippen LogP contribution < -0.4 is 0 Å². The molecule has 0 saturated heterocycles. The highest BCUT2D eigenvalue weighted by atomic mass is 16.5. The van der Waals surface area contributed by atoms with Gasteiger partial charge in [0, 0.05) is 26.3 Å². The van der Waals surface area contributed by atoms with E-state index in [-0.39, 0.29) is 17.9 Å². The van der Waals surface area contributed by atoms with Crippen LogP contribution in [-0.2, 0) is 19.1 Å². The number of ether oxygens (including phenoxy) is 2. The first-order valence-corrected chi connectivity index (χ1v) is 5.91. The molecule has 0 bridgehead atoms. The number of carbonyl (C=O) groups excluding carboxylic acids is 2. The molecule has 100 valence electrons. The molecule has 0 aliphatic carbocycles. The second kappa shape index (κ2) is 8.98. The molecule has 0 aromatic rings. The van der Waals surface area contributed by atoms with Gasteiger partial charge in [-0.2, -0.15) is 0 Å². The summed E-state index contributed by atoms with van der Waals surface area (Å²) >= 11 is 0. The van der Waals surface area contributed by atoms with Gasteiger partial charge in [0.2, 0.25) is 0 Å². The van der Waals surface area contributed by atoms with E-state index in [0.29, 0.717) is 19.6 Å². The molecule has 0 amide bonds. The maximum absolute atomic E-state index is 10.8. The van der Waals surface area contributed by atoms with Gasteiger partial charge in [-0.3, -0.25) is 9.59 Å². The lowest BCUT2D eigenvalue weighted by Gasteiger charge is -2.22. The monoisotopic (exact) mass is 245 g/mol. The summed E-state index contributed by atoms with van der Waals surface area (Å²) < 4.78 is 9.90. The summed E-state index contributed by atoms with van der Waals surface area (Å²) in [5, 5.41) is 0. The molecule has 0 aromatic carbocycles. The molecule has 0 spiro atoms. The highest BCUT2D eigenvalue weighted by Crippen LogP contribution is 2.07. The second-order valence-electron chi connectivity index (χ2n) is 4.15. The number of esters is 2. The number of carbonyl (C=O) groups is 2. The summed E-state index contributed by atoms with van der Waals surface area (Å²) in [6.07, 6.45) is 0.706. The first kappa shape index (κ1) is 15.9. The van der Waals surface area contributed by atoms with Gasteiger partial charge in [0.1, 0.15) is 0 Å². The van der Waals surface area contributed by atoms with Crippen LogP contribution in [0.3, 0.4) is 0 Å². The van der Waals surface area contributed by atoms with Crippen molar-refractivity contribution in [3.8, 4) is 0 Å². The fraction of sp³-hybridized carbons (Fsp3) is 0.833. The van der Waals surface area contributed by atoms with Crippen LogP contribution in [0.4, 0.5) is 0 Å². The Morgan fingerprint density at radius 2 is 1.76 bits per heavy atom. The largest absolute Gasteiger partial charge is 0.466 e. The van der Waals surface area contributed by atoms with Crippen LogP contribution in [0.2, 0.25) is 0 Å². The molecule has 1 unspecified atom stereocenters. The van der Waals surface area contributed by atoms with Gasteiger partial charge < -0.3 is 14.4 Å². The SMILES string of the molecule is CCN(C)CC(CCOC(C)=O)COC(C)=O. The Balaban J connectivity index is 4.00. The lowest BCUT2D eigenvalue weighted by molar-refractivity contribution is -0.145. The molecule has 5 heteroatoms. The van der Waals surface area contributed by atoms with E-state index in [4.69, 9.17) is 9.47 Å². The van der Waals surface area contributed by atoms with E-state index in [1.165, 1.54) is 13.8 Å². The molecule has 0 aliphatic heterocycles. The zero-order chi connectivity index (χ0) is 13.3. The van der Waals surface area contributed by atoms with Gasteiger partial charge >= 0.3 is 11.9 Å². The lowest BCUT2D eigenvalue weighted by Crippen LogP contribution is -2.29. The van der Waals surface area contributed by atoms with Crippen molar-refractivity contribution in [2.24, 2.45) is 5.92 Å². The van der Waals surface area contributed by atoms with E-state index in [1.807, 2.05) is 7.05 Å². The molecular weight excluding hydrogens is 222 g/mol. The number of rotatable bonds is 8. The van der Waals surface area contributed by atoms with E-state index in [0.717, 1.165) is 13.1 Å². The summed E-state index contributed by atoms with van der Waals surface area (Å²) in [6.45, 7) is 7.36. The molecule has 1 atom stereocenters. The van der Waals surface area contributed by atoms with Crippen LogP contribution in [0.15, 0.2) is 0 Å². The summed E-state index contributed by atoms with van der Waals surface area (Å²) in [6, 6.07) is 0. The average molecular weight is 245 g/mol. The minimum Gasteiger partial charge on any atom is -0.466 e. The molecule has 0 aliphatic rings. The average Bonchev–Trinajstić information content (AvgIpc) is 2.24. The van der Waals surface area contributed by atoms with Gasteiger partial charge in [-0.15, -0.1) is 0 Å². The van der Waals surface area contributed by atoms with Crippen molar-refractivity contribution in [1.29, 1.82) is 0 Å². The first-order chi connectivity index (χ1) is 7.95. The third kappa shape index (κ3) is 9.81. The van der Waals surface area contributed by atoms with Crippen molar-refractivity contribution in [2.75, 3.05) is 33.4 Å².